The molecule has 6 rings (SSSR count). The molecule has 0 aliphatic carbocycles. The highest BCUT2D eigenvalue weighted by Gasteiger charge is 2.66. The van der Waals surface area contributed by atoms with Gasteiger partial charge in [-0.25, -0.2) is 0 Å². The van der Waals surface area contributed by atoms with Gasteiger partial charge in [0, 0.05) is 47.6 Å². The van der Waals surface area contributed by atoms with Gasteiger partial charge < -0.3 is 29.6 Å². The second kappa shape index (κ2) is 17.1. The predicted molar refractivity (Wildman–Crippen MR) is 221 cm³/mol. The van der Waals surface area contributed by atoms with Crippen LogP contribution in [-0.2, 0) is 21.7 Å². The first kappa shape index (κ1) is 40.8. The summed E-state index contributed by atoms with van der Waals surface area (Å²) in [6.45, 7) is 12.8. The molecule has 1 aromatic heterocycles. The second-order valence-corrected chi connectivity index (χ2v) is 19.9. The van der Waals surface area contributed by atoms with Crippen molar-refractivity contribution in [2.45, 2.75) is 89.8 Å². The molecule has 296 valence electrons. The highest BCUT2D eigenvalue weighted by Crippen LogP contribution is 2.60. The maximum atomic E-state index is 15.0. The van der Waals surface area contributed by atoms with Crippen LogP contribution < -0.4 is 15.0 Å². The van der Waals surface area contributed by atoms with Gasteiger partial charge in [-0.2, -0.15) is 0 Å². The largest absolute Gasteiger partial charge is 0.497 e. The van der Waals surface area contributed by atoms with Crippen LogP contribution in [0.25, 0.3) is 0 Å². The molecule has 0 saturated carbocycles. The summed E-state index contributed by atoms with van der Waals surface area (Å²) in [5.74, 6) is -0.502. The smallest absolute Gasteiger partial charge is 0.264 e. The van der Waals surface area contributed by atoms with Gasteiger partial charge in [0.25, 0.3) is 11.8 Å². The number of amides is 2. The van der Waals surface area contributed by atoms with E-state index >= 15 is 4.79 Å². The summed E-state index contributed by atoms with van der Waals surface area (Å²) in [5, 5.41) is 22.0. The number of anilines is 2. The average Bonchev–Trinajstić information content (AvgIpc) is 3.83. The summed E-state index contributed by atoms with van der Waals surface area (Å²) < 4.78 is 14.1. The normalized spacial score (nSPS) is 21.3. The summed E-state index contributed by atoms with van der Waals surface area (Å²) in [5.41, 5.74) is 4.80. The van der Waals surface area contributed by atoms with E-state index in [1.807, 2.05) is 74.7 Å². The van der Waals surface area contributed by atoms with E-state index in [0.717, 1.165) is 24.1 Å². The fraction of sp³-hybridized carbons (Fsp3) is 0.409. The number of hydrogen-bond acceptors (Lipinski definition) is 8. The lowest BCUT2D eigenvalue weighted by molar-refractivity contribution is -0.145. The lowest BCUT2D eigenvalue weighted by Gasteiger charge is -2.32. The van der Waals surface area contributed by atoms with Crippen molar-refractivity contribution in [1.29, 1.82) is 0 Å². The van der Waals surface area contributed by atoms with Gasteiger partial charge in [0.05, 0.1) is 37.1 Å². The van der Waals surface area contributed by atoms with Crippen LogP contribution in [0.2, 0.25) is 18.6 Å². The zero-order valence-corrected chi connectivity index (χ0v) is 34.5. The summed E-state index contributed by atoms with van der Waals surface area (Å²) in [7, 11) is -1.36. The molecule has 1 unspecified atom stereocenters. The highest BCUT2D eigenvalue weighted by molar-refractivity contribution is 6.71. The molecular formula is C44H55N5O6Si. The van der Waals surface area contributed by atoms with Crippen molar-refractivity contribution in [2.75, 3.05) is 30.5 Å². The van der Waals surface area contributed by atoms with Crippen molar-refractivity contribution in [3.63, 3.8) is 0 Å². The van der Waals surface area contributed by atoms with Crippen LogP contribution in [0.15, 0.2) is 102 Å². The van der Waals surface area contributed by atoms with Gasteiger partial charge in [-0.05, 0) is 101 Å². The second-order valence-electron chi connectivity index (χ2n) is 15.9. The minimum absolute atomic E-state index is 0.106. The number of hydrogen-bond donors (Lipinski definition) is 3. The highest BCUT2D eigenvalue weighted by atomic mass is 28.4. The fourth-order valence-electron chi connectivity index (χ4n) is 8.39. The fourth-order valence-corrected chi connectivity index (χ4v) is 11.0. The Bertz CT molecular complexity index is 2070. The Labute approximate surface area is 331 Å². The Balaban J connectivity index is 1.32. The number of rotatable bonds is 15. The molecule has 3 N–H and O–H groups in total. The number of aromatic nitrogens is 3. The molecule has 1 spiro atoms. The van der Waals surface area contributed by atoms with Gasteiger partial charge in [0.1, 0.15) is 5.75 Å². The first-order valence-corrected chi connectivity index (χ1v) is 22.5. The number of fused-ring (bicyclic) bond motifs is 2. The van der Waals surface area contributed by atoms with E-state index in [0.29, 0.717) is 47.8 Å². The van der Waals surface area contributed by atoms with Gasteiger partial charge >= 0.3 is 0 Å². The van der Waals surface area contributed by atoms with Crippen molar-refractivity contribution in [2.24, 2.45) is 5.92 Å². The molecule has 3 aromatic carbocycles. The molecule has 2 aliphatic rings. The SMILES string of the molecule is COc1ccc(C(=O)Nc2ccc3c(c2)[C@]2(O[C@@H](CCn4cc(C(CO)c5ccccc5)nn4)[C@H]([Si](C)(C)O)[C@H]2C)C(=O)N3C/C=C(\C)CCC=C(C)C)cc1. The number of ether oxygens (including phenoxy) is 2. The van der Waals surface area contributed by atoms with Crippen LogP contribution in [0.1, 0.15) is 80.1 Å². The molecule has 11 nitrogen and oxygen atoms in total. The molecule has 5 atom stereocenters. The summed E-state index contributed by atoms with van der Waals surface area (Å²) in [4.78, 5) is 42.1. The minimum Gasteiger partial charge on any atom is -0.497 e. The molecule has 3 heterocycles. The third kappa shape index (κ3) is 8.43. The molecular weight excluding hydrogens is 723 g/mol. The predicted octanol–water partition coefficient (Wildman–Crippen LogP) is 7.59. The average molecular weight is 778 g/mol. The lowest BCUT2D eigenvalue weighted by atomic mass is 9.82. The molecule has 1 fully saturated rings. The maximum Gasteiger partial charge on any atom is 0.264 e. The van der Waals surface area contributed by atoms with Crippen LogP contribution in [0.3, 0.4) is 0 Å². The Kier molecular flexibility index (Phi) is 12.4. The molecule has 1 saturated heterocycles. The monoisotopic (exact) mass is 777 g/mol. The van der Waals surface area contributed by atoms with Crippen molar-refractivity contribution >= 4 is 31.5 Å². The molecule has 0 bridgehead atoms. The topological polar surface area (TPSA) is 139 Å². The number of nitrogens with zero attached hydrogens (tertiary/aromatic N) is 4. The number of carbonyl (C=O) groups excluding carboxylic acids is 2. The molecule has 2 aliphatic heterocycles. The van der Waals surface area contributed by atoms with E-state index in [4.69, 9.17) is 9.47 Å². The van der Waals surface area contributed by atoms with Gasteiger partial charge in [-0.15, -0.1) is 5.10 Å². The van der Waals surface area contributed by atoms with E-state index in [-0.39, 0.29) is 35.8 Å². The first-order chi connectivity index (χ1) is 26.8. The maximum absolute atomic E-state index is 15.0. The standard InChI is InChI=1S/C44H55N5O6Si/c1-29(2)12-11-13-30(3)22-25-49-39-21-18-34(45-42(51)33-16-19-35(54-5)20-17-33)26-37(39)44(43(49)52)31(4)41(56(6,7)53)40(55-44)23-24-48-27-38(46-47-48)36(28-50)32-14-9-8-10-15-32/h8-10,12,14-22,26-27,31,36,40-41,50,53H,11,13,23-25,28H2,1-7H3,(H,45,51)/b30-22+/t31-,36?,40+,41-,44+/m1/s1. The lowest BCUT2D eigenvalue weighted by Crippen LogP contribution is -2.46. The van der Waals surface area contributed by atoms with Crippen molar-refractivity contribution in [3.8, 4) is 5.75 Å². The van der Waals surface area contributed by atoms with Crippen LogP contribution in [0, 0.1) is 5.92 Å². The van der Waals surface area contributed by atoms with E-state index in [2.05, 4.69) is 48.6 Å². The number of allylic oxidation sites excluding steroid dienone is 3. The molecule has 56 heavy (non-hydrogen) atoms. The van der Waals surface area contributed by atoms with E-state index in [1.165, 1.54) is 11.1 Å². The summed E-state index contributed by atoms with van der Waals surface area (Å²) in [6.07, 6.45) is 7.99. The zero-order valence-electron chi connectivity index (χ0n) is 33.5. The van der Waals surface area contributed by atoms with Crippen molar-refractivity contribution < 1.29 is 29.0 Å². The number of benzene rings is 3. The molecule has 12 heteroatoms. The number of aryl methyl sites for hydroxylation is 1. The van der Waals surface area contributed by atoms with Gasteiger partial charge in [-0.1, -0.05) is 65.8 Å². The van der Waals surface area contributed by atoms with Crippen LogP contribution in [0.4, 0.5) is 11.4 Å². The Morgan fingerprint density at radius 1 is 1.07 bits per heavy atom. The van der Waals surface area contributed by atoms with Gasteiger partial charge in [0.2, 0.25) is 0 Å². The molecule has 0 radical (unpaired) electrons. The van der Waals surface area contributed by atoms with E-state index < -0.39 is 20.0 Å². The number of methoxy groups -OCH3 is 1. The third-order valence-corrected chi connectivity index (χ3v) is 13.8. The van der Waals surface area contributed by atoms with Crippen molar-refractivity contribution in [1.82, 2.24) is 15.0 Å². The van der Waals surface area contributed by atoms with E-state index in [9.17, 15) is 14.7 Å². The van der Waals surface area contributed by atoms with Gasteiger partial charge in [-0.3, -0.25) is 14.3 Å². The number of nitrogens with one attached hydrogen (secondary N) is 1. The summed E-state index contributed by atoms with van der Waals surface area (Å²) in [6, 6.07) is 22.2. The molecule has 4 aromatic rings. The molecule has 2 amide bonds. The number of aliphatic hydroxyl groups excluding tert-OH is 1. The third-order valence-electron chi connectivity index (χ3n) is 11.2. The summed E-state index contributed by atoms with van der Waals surface area (Å²) >= 11 is 0. The Morgan fingerprint density at radius 3 is 2.46 bits per heavy atom. The van der Waals surface area contributed by atoms with Crippen LogP contribution in [-0.4, -0.2) is 71.4 Å². The quantitative estimate of drug-likeness (QED) is 0.0830. The Morgan fingerprint density at radius 2 is 1.80 bits per heavy atom. The first-order valence-electron chi connectivity index (χ1n) is 19.4. The number of aliphatic hydroxyl groups is 1. The van der Waals surface area contributed by atoms with E-state index in [1.54, 1.807) is 41.0 Å². The van der Waals surface area contributed by atoms with Crippen LogP contribution in [0.5, 0.6) is 5.75 Å². The number of carbonyl (C=O) groups is 2. The van der Waals surface area contributed by atoms with Crippen molar-refractivity contribution in [3.05, 3.63) is 125 Å². The zero-order chi connectivity index (χ0) is 40.2. The van der Waals surface area contributed by atoms with Crippen LogP contribution >= 0.6 is 0 Å². The Hall–Kier alpha value is -4.88. The van der Waals surface area contributed by atoms with Gasteiger partial charge in [0.15, 0.2) is 13.9 Å². The minimum atomic E-state index is -2.94.